The third kappa shape index (κ3) is 5.14. The van der Waals surface area contributed by atoms with Gasteiger partial charge in [-0.05, 0) is 5.92 Å². The molecule has 0 radical (unpaired) electrons. The van der Waals surface area contributed by atoms with Crippen LogP contribution in [0.1, 0.15) is 20.3 Å². The van der Waals surface area contributed by atoms with E-state index in [1.54, 1.807) is 0 Å². The zero-order valence-electron chi connectivity index (χ0n) is 10.1. The zero-order valence-corrected chi connectivity index (χ0v) is 10.1. The molecule has 0 aliphatic heterocycles. The molecule has 3 N–H and O–H groups in total. The van der Waals surface area contributed by atoms with E-state index in [4.69, 9.17) is 0 Å². The van der Waals surface area contributed by atoms with Crippen LogP contribution >= 0.6 is 0 Å². The molecule has 0 bridgehead atoms. The molecule has 1 amide bonds. The van der Waals surface area contributed by atoms with Gasteiger partial charge in [-0.1, -0.05) is 13.8 Å². The van der Waals surface area contributed by atoms with Gasteiger partial charge in [-0.25, -0.2) is 4.98 Å². The summed E-state index contributed by atoms with van der Waals surface area (Å²) in [6.07, 6.45) is 3.27. The van der Waals surface area contributed by atoms with Crippen molar-refractivity contribution in [1.82, 2.24) is 15.3 Å². The van der Waals surface area contributed by atoms with Crippen molar-refractivity contribution >= 4 is 11.7 Å². The van der Waals surface area contributed by atoms with E-state index in [-0.39, 0.29) is 17.3 Å². The SMILES string of the molecule is CC(C)CNC(=O)CCNc1ncc[nH]c1=O. The minimum atomic E-state index is -0.282. The Kier molecular flexibility index (Phi) is 5.19. The Bertz CT molecular complexity index is 414. The van der Waals surface area contributed by atoms with Gasteiger partial charge in [0, 0.05) is 31.9 Å². The first kappa shape index (κ1) is 13.2. The average molecular weight is 238 g/mol. The molecule has 17 heavy (non-hydrogen) atoms. The van der Waals surface area contributed by atoms with Gasteiger partial charge in [-0.3, -0.25) is 9.59 Å². The number of hydrogen-bond donors (Lipinski definition) is 3. The summed E-state index contributed by atoms with van der Waals surface area (Å²) in [5.41, 5.74) is -0.282. The number of rotatable bonds is 6. The number of nitrogens with zero attached hydrogens (tertiary/aromatic N) is 1. The Labute approximate surface area is 99.8 Å². The number of H-pyrrole nitrogens is 1. The molecule has 0 saturated heterocycles. The van der Waals surface area contributed by atoms with E-state index in [0.29, 0.717) is 25.4 Å². The fourth-order valence-electron chi connectivity index (χ4n) is 1.18. The normalized spacial score (nSPS) is 10.3. The monoisotopic (exact) mass is 238 g/mol. The van der Waals surface area contributed by atoms with E-state index in [1.807, 2.05) is 13.8 Å². The average Bonchev–Trinajstić information content (AvgIpc) is 2.29. The van der Waals surface area contributed by atoms with Crippen molar-refractivity contribution < 1.29 is 4.79 Å². The Balaban J connectivity index is 2.26. The molecular formula is C11H18N4O2. The number of carbonyl (C=O) groups excluding carboxylic acids is 1. The van der Waals surface area contributed by atoms with Gasteiger partial charge in [-0.15, -0.1) is 0 Å². The standard InChI is InChI=1S/C11H18N4O2/c1-8(2)7-15-9(16)3-4-12-10-11(17)14-6-5-13-10/h5-6,8H,3-4,7H2,1-2H3,(H,12,13)(H,14,17)(H,15,16). The molecule has 1 aromatic heterocycles. The lowest BCUT2D eigenvalue weighted by atomic mass is 10.2. The highest BCUT2D eigenvalue weighted by Gasteiger charge is 2.03. The van der Waals surface area contributed by atoms with Gasteiger partial charge in [0.05, 0.1) is 0 Å². The van der Waals surface area contributed by atoms with Crippen molar-refractivity contribution in [2.75, 3.05) is 18.4 Å². The Morgan fingerprint density at radius 1 is 1.53 bits per heavy atom. The number of anilines is 1. The highest BCUT2D eigenvalue weighted by molar-refractivity contribution is 5.76. The molecule has 94 valence electrons. The summed E-state index contributed by atoms with van der Waals surface area (Å²) < 4.78 is 0. The lowest BCUT2D eigenvalue weighted by Crippen LogP contribution is -2.29. The van der Waals surface area contributed by atoms with Crippen molar-refractivity contribution in [2.45, 2.75) is 20.3 Å². The van der Waals surface area contributed by atoms with E-state index < -0.39 is 0 Å². The minimum absolute atomic E-state index is 0.0291. The van der Waals surface area contributed by atoms with Crippen molar-refractivity contribution in [3.8, 4) is 0 Å². The van der Waals surface area contributed by atoms with Crippen LogP contribution in [-0.4, -0.2) is 29.0 Å². The molecule has 0 atom stereocenters. The number of amides is 1. The molecule has 1 heterocycles. The maximum Gasteiger partial charge on any atom is 0.290 e. The first-order valence-electron chi connectivity index (χ1n) is 5.64. The number of carbonyl (C=O) groups is 1. The van der Waals surface area contributed by atoms with Crippen LogP contribution in [0, 0.1) is 5.92 Å². The second-order valence-corrected chi connectivity index (χ2v) is 4.14. The minimum Gasteiger partial charge on any atom is -0.365 e. The van der Waals surface area contributed by atoms with Crippen LogP contribution in [0.3, 0.4) is 0 Å². The third-order valence-electron chi connectivity index (χ3n) is 2.06. The molecule has 0 spiro atoms. The lowest BCUT2D eigenvalue weighted by Gasteiger charge is -2.08. The van der Waals surface area contributed by atoms with Crippen molar-refractivity contribution in [3.05, 3.63) is 22.7 Å². The molecule has 0 unspecified atom stereocenters. The van der Waals surface area contributed by atoms with Gasteiger partial charge < -0.3 is 15.6 Å². The van der Waals surface area contributed by atoms with Gasteiger partial charge >= 0.3 is 0 Å². The maximum absolute atomic E-state index is 11.4. The number of hydrogen-bond acceptors (Lipinski definition) is 4. The number of aromatic nitrogens is 2. The first-order valence-corrected chi connectivity index (χ1v) is 5.64. The largest absolute Gasteiger partial charge is 0.365 e. The first-order chi connectivity index (χ1) is 8.09. The Hall–Kier alpha value is -1.85. The fraction of sp³-hybridized carbons (Fsp3) is 0.545. The summed E-state index contributed by atoms with van der Waals surface area (Å²) in [5, 5.41) is 5.61. The molecule has 0 saturated carbocycles. The highest BCUT2D eigenvalue weighted by atomic mass is 16.1. The Morgan fingerprint density at radius 2 is 2.29 bits per heavy atom. The summed E-state index contributed by atoms with van der Waals surface area (Å²) >= 11 is 0. The van der Waals surface area contributed by atoms with Crippen LogP contribution in [0.2, 0.25) is 0 Å². The van der Waals surface area contributed by atoms with Gasteiger partial charge in [0.1, 0.15) is 0 Å². The molecule has 0 fully saturated rings. The topological polar surface area (TPSA) is 86.9 Å². The molecule has 0 aliphatic rings. The van der Waals surface area contributed by atoms with Gasteiger partial charge in [0.25, 0.3) is 5.56 Å². The second-order valence-electron chi connectivity index (χ2n) is 4.14. The second kappa shape index (κ2) is 6.67. The number of aromatic amines is 1. The van der Waals surface area contributed by atoms with E-state index in [0.717, 1.165) is 0 Å². The summed E-state index contributed by atoms with van der Waals surface area (Å²) in [7, 11) is 0. The molecule has 0 aromatic carbocycles. The highest BCUT2D eigenvalue weighted by Crippen LogP contribution is 1.92. The summed E-state index contributed by atoms with van der Waals surface area (Å²) in [6.45, 7) is 5.13. The fourth-order valence-corrected chi connectivity index (χ4v) is 1.18. The third-order valence-corrected chi connectivity index (χ3v) is 2.06. The van der Waals surface area contributed by atoms with Crippen molar-refractivity contribution in [3.63, 3.8) is 0 Å². The molecule has 1 rings (SSSR count). The van der Waals surface area contributed by atoms with E-state index in [1.165, 1.54) is 12.4 Å². The van der Waals surface area contributed by atoms with E-state index in [2.05, 4.69) is 20.6 Å². The van der Waals surface area contributed by atoms with Crippen LogP contribution in [0.15, 0.2) is 17.2 Å². The van der Waals surface area contributed by atoms with Crippen LogP contribution < -0.4 is 16.2 Å². The summed E-state index contributed by atoms with van der Waals surface area (Å²) in [4.78, 5) is 29.0. The van der Waals surface area contributed by atoms with E-state index in [9.17, 15) is 9.59 Å². The van der Waals surface area contributed by atoms with Gasteiger partial charge in [-0.2, -0.15) is 0 Å². The molecular weight excluding hydrogens is 220 g/mol. The van der Waals surface area contributed by atoms with Crippen LogP contribution in [0.25, 0.3) is 0 Å². The quantitative estimate of drug-likeness (QED) is 0.667. The summed E-state index contributed by atoms with van der Waals surface area (Å²) in [5.74, 6) is 0.647. The predicted octanol–water partition coefficient (Wildman–Crippen LogP) is 0.344. The predicted molar refractivity (Wildman–Crippen MR) is 65.8 cm³/mol. The van der Waals surface area contributed by atoms with Crippen molar-refractivity contribution in [1.29, 1.82) is 0 Å². The lowest BCUT2D eigenvalue weighted by molar-refractivity contribution is -0.120. The van der Waals surface area contributed by atoms with E-state index >= 15 is 0 Å². The van der Waals surface area contributed by atoms with Crippen LogP contribution in [0.5, 0.6) is 0 Å². The Morgan fingerprint density at radius 3 is 2.94 bits per heavy atom. The van der Waals surface area contributed by atoms with Crippen LogP contribution in [0.4, 0.5) is 5.82 Å². The molecule has 1 aromatic rings. The summed E-state index contributed by atoms with van der Waals surface area (Å²) in [6, 6.07) is 0. The van der Waals surface area contributed by atoms with Crippen molar-refractivity contribution in [2.24, 2.45) is 5.92 Å². The van der Waals surface area contributed by atoms with Gasteiger partial charge in [0.15, 0.2) is 5.82 Å². The molecule has 6 nitrogen and oxygen atoms in total. The molecule has 6 heteroatoms. The number of nitrogens with one attached hydrogen (secondary N) is 3. The zero-order chi connectivity index (χ0) is 12.7. The van der Waals surface area contributed by atoms with Gasteiger partial charge in [0.2, 0.25) is 5.91 Å². The molecule has 0 aliphatic carbocycles. The van der Waals surface area contributed by atoms with Crippen LogP contribution in [-0.2, 0) is 4.79 Å². The smallest absolute Gasteiger partial charge is 0.290 e. The maximum atomic E-state index is 11.4.